The Morgan fingerprint density at radius 1 is 1.04 bits per heavy atom. The highest BCUT2D eigenvalue weighted by Gasteiger charge is 2.12. The average molecular weight is 354 g/mol. The quantitative estimate of drug-likeness (QED) is 0.556. The zero-order valence-corrected chi connectivity index (χ0v) is 14.2. The lowest BCUT2D eigenvalue weighted by Gasteiger charge is -2.12. The minimum absolute atomic E-state index is 0.266. The number of rotatable bonds is 3. The van der Waals surface area contributed by atoms with Crippen molar-refractivity contribution in [3.05, 3.63) is 65.2 Å². The zero-order valence-electron chi connectivity index (χ0n) is 13.5. The number of fused-ring (bicyclic) bond motifs is 1. The Balaban J connectivity index is 2.23. The van der Waals surface area contributed by atoms with Gasteiger partial charge in [-0.05, 0) is 46.7 Å². The second kappa shape index (κ2) is 6.83. The van der Waals surface area contributed by atoms with Crippen molar-refractivity contribution in [3.8, 4) is 16.9 Å². The van der Waals surface area contributed by atoms with E-state index in [-0.39, 0.29) is 5.96 Å². The summed E-state index contributed by atoms with van der Waals surface area (Å²) >= 11 is 6.05. The smallest absolute Gasteiger partial charge is 0.280 e. The van der Waals surface area contributed by atoms with Gasteiger partial charge in [-0.1, -0.05) is 35.9 Å². The maximum Gasteiger partial charge on any atom is 0.280 e. The Kier molecular flexibility index (Phi) is 4.59. The summed E-state index contributed by atoms with van der Waals surface area (Å²) in [6.07, 6.45) is 0. The third-order valence-corrected chi connectivity index (χ3v) is 4.05. The summed E-state index contributed by atoms with van der Waals surface area (Å²) in [5.41, 5.74) is 12.8. The second-order valence-corrected chi connectivity index (χ2v) is 5.86. The van der Waals surface area contributed by atoms with E-state index in [1.807, 2.05) is 30.3 Å². The molecule has 4 N–H and O–H groups in total. The highest BCUT2D eigenvalue weighted by molar-refractivity contribution is 6.30. The number of hydrogen-bond acceptors (Lipinski definition) is 2. The number of aliphatic imine (C=N–C) groups is 1. The molecule has 0 fully saturated rings. The number of carbonyl (C=O) groups is 1. The van der Waals surface area contributed by atoms with Crippen LogP contribution in [0.5, 0.6) is 5.75 Å². The summed E-state index contributed by atoms with van der Waals surface area (Å²) in [6, 6.07) is 16.6. The molecule has 0 saturated heterocycles. The number of halogens is 1. The van der Waals surface area contributed by atoms with Gasteiger partial charge in [0.05, 0.1) is 7.11 Å². The Bertz CT molecular complexity index is 995. The van der Waals surface area contributed by atoms with Gasteiger partial charge in [-0.15, -0.1) is 0 Å². The summed E-state index contributed by atoms with van der Waals surface area (Å²) < 4.78 is 5.45. The van der Waals surface area contributed by atoms with Crippen molar-refractivity contribution in [2.45, 2.75) is 0 Å². The second-order valence-electron chi connectivity index (χ2n) is 5.43. The van der Waals surface area contributed by atoms with Gasteiger partial charge >= 0.3 is 0 Å². The molecule has 3 aromatic carbocycles. The fourth-order valence-electron chi connectivity index (χ4n) is 2.71. The molecule has 6 heteroatoms. The van der Waals surface area contributed by atoms with Crippen LogP contribution in [0.1, 0.15) is 10.4 Å². The van der Waals surface area contributed by atoms with Crippen LogP contribution < -0.4 is 16.2 Å². The monoisotopic (exact) mass is 353 g/mol. The van der Waals surface area contributed by atoms with Crippen molar-refractivity contribution in [1.29, 1.82) is 0 Å². The molecule has 0 aromatic heterocycles. The lowest BCUT2D eigenvalue weighted by Crippen LogP contribution is -2.24. The van der Waals surface area contributed by atoms with Gasteiger partial charge in [0.1, 0.15) is 5.75 Å². The molecule has 25 heavy (non-hydrogen) atoms. The van der Waals surface area contributed by atoms with Crippen LogP contribution in [0.15, 0.2) is 59.6 Å². The molecule has 0 aliphatic rings. The van der Waals surface area contributed by atoms with E-state index in [4.69, 9.17) is 27.8 Å². The minimum atomic E-state index is -0.486. The van der Waals surface area contributed by atoms with Crippen molar-refractivity contribution in [1.82, 2.24) is 0 Å². The Labute approximate surface area is 149 Å². The SMILES string of the molecule is COc1cc(Cl)ccc1-c1cccc2ccc(C(=O)N=C(N)N)cc12. The molecule has 0 heterocycles. The Hall–Kier alpha value is -3.05. The van der Waals surface area contributed by atoms with Crippen LogP contribution in [0.4, 0.5) is 0 Å². The molecule has 0 radical (unpaired) electrons. The fourth-order valence-corrected chi connectivity index (χ4v) is 2.87. The maximum absolute atomic E-state index is 12.1. The first-order valence-electron chi connectivity index (χ1n) is 7.50. The first-order chi connectivity index (χ1) is 12.0. The van der Waals surface area contributed by atoms with E-state index in [2.05, 4.69) is 4.99 Å². The van der Waals surface area contributed by atoms with Gasteiger partial charge < -0.3 is 16.2 Å². The highest BCUT2D eigenvalue weighted by Crippen LogP contribution is 2.36. The normalized spacial score (nSPS) is 10.5. The molecule has 5 nitrogen and oxygen atoms in total. The van der Waals surface area contributed by atoms with E-state index >= 15 is 0 Å². The number of nitrogens with zero attached hydrogens (tertiary/aromatic N) is 1. The lowest BCUT2D eigenvalue weighted by molar-refractivity contribution is 0.100. The van der Waals surface area contributed by atoms with Gasteiger partial charge in [0.15, 0.2) is 5.96 Å². The van der Waals surface area contributed by atoms with Crippen LogP contribution in [0.25, 0.3) is 21.9 Å². The van der Waals surface area contributed by atoms with Gasteiger partial charge in [-0.25, -0.2) is 0 Å². The molecular formula is C19H16ClN3O2. The van der Waals surface area contributed by atoms with E-state index in [0.717, 1.165) is 21.9 Å². The third kappa shape index (κ3) is 3.41. The first-order valence-corrected chi connectivity index (χ1v) is 7.88. The minimum Gasteiger partial charge on any atom is -0.496 e. The van der Waals surface area contributed by atoms with E-state index in [0.29, 0.717) is 16.3 Å². The van der Waals surface area contributed by atoms with Crippen LogP contribution in [-0.2, 0) is 0 Å². The summed E-state index contributed by atoms with van der Waals surface area (Å²) in [6.45, 7) is 0. The number of ether oxygens (including phenoxy) is 1. The van der Waals surface area contributed by atoms with Crippen molar-refractivity contribution in [2.75, 3.05) is 7.11 Å². The maximum atomic E-state index is 12.1. The topological polar surface area (TPSA) is 90.7 Å². The summed E-state index contributed by atoms with van der Waals surface area (Å²) in [5.74, 6) is -0.0986. The Morgan fingerprint density at radius 2 is 1.84 bits per heavy atom. The van der Waals surface area contributed by atoms with Crippen LogP contribution in [-0.4, -0.2) is 19.0 Å². The molecular weight excluding hydrogens is 338 g/mol. The summed E-state index contributed by atoms with van der Waals surface area (Å²) in [7, 11) is 1.59. The molecule has 3 rings (SSSR count). The van der Waals surface area contributed by atoms with Crippen molar-refractivity contribution < 1.29 is 9.53 Å². The lowest BCUT2D eigenvalue weighted by atomic mass is 9.96. The van der Waals surface area contributed by atoms with E-state index in [1.165, 1.54) is 0 Å². The predicted molar refractivity (Wildman–Crippen MR) is 101 cm³/mol. The standard InChI is InChI=1S/C19H16ClN3O2/c1-25-17-10-13(20)7-8-15(17)14-4-2-3-11-5-6-12(9-16(11)14)18(24)23-19(21)22/h2-10H,1H3,(H4,21,22,23,24). The zero-order chi connectivity index (χ0) is 18.0. The number of methoxy groups -OCH3 is 1. The number of amides is 1. The van der Waals surface area contributed by atoms with Gasteiger partial charge in [0.25, 0.3) is 5.91 Å². The molecule has 0 bridgehead atoms. The van der Waals surface area contributed by atoms with Gasteiger partial charge in [0.2, 0.25) is 0 Å². The average Bonchev–Trinajstić information content (AvgIpc) is 2.60. The van der Waals surface area contributed by atoms with Crippen molar-refractivity contribution in [2.24, 2.45) is 16.5 Å². The van der Waals surface area contributed by atoms with Gasteiger partial charge in [0, 0.05) is 16.1 Å². The van der Waals surface area contributed by atoms with Crippen LogP contribution in [0, 0.1) is 0 Å². The number of hydrogen-bond donors (Lipinski definition) is 2. The van der Waals surface area contributed by atoms with E-state index < -0.39 is 5.91 Å². The number of guanidine groups is 1. The van der Waals surface area contributed by atoms with E-state index in [9.17, 15) is 4.79 Å². The molecule has 0 saturated carbocycles. The fraction of sp³-hybridized carbons (Fsp3) is 0.0526. The van der Waals surface area contributed by atoms with Crippen LogP contribution in [0.2, 0.25) is 5.02 Å². The van der Waals surface area contributed by atoms with E-state index in [1.54, 1.807) is 31.4 Å². The molecule has 126 valence electrons. The number of carbonyl (C=O) groups excluding carboxylic acids is 1. The molecule has 0 aliphatic heterocycles. The Morgan fingerprint density at radius 3 is 2.56 bits per heavy atom. The van der Waals surface area contributed by atoms with Crippen molar-refractivity contribution >= 4 is 34.2 Å². The number of nitrogens with two attached hydrogens (primary N) is 2. The molecule has 0 unspecified atom stereocenters. The van der Waals surface area contributed by atoms with Crippen LogP contribution in [0.3, 0.4) is 0 Å². The summed E-state index contributed by atoms with van der Waals surface area (Å²) in [5, 5.41) is 2.46. The van der Waals surface area contributed by atoms with Crippen LogP contribution >= 0.6 is 11.6 Å². The number of benzene rings is 3. The molecule has 1 amide bonds. The predicted octanol–water partition coefficient (Wildman–Crippen LogP) is 3.58. The molecule has 0 spiro atoms. The molecule has 0 atom stereocenters. The largest absolute Gasteiger partial charge is 0.496 e. The summed E-state index contributed by atoms with van der Waals surface area (Å²) in [4.78, 5) is 15.7. The molecule has 0 aliphatic carbocycles. The first kappa shape index (κ1) is 16.8. The van der Waals surface area contributed by atoms with Crippen molar-refractivity contribution in [3.63, 3.8) is 0 Å². The van der Waals surface area contributed by atoms with Gasteiger partial charge in [-0.3, -0.25) is 4.79 Å². The third-order valence-electron chi connectivity index (χ3n) is 3.81. The highest BCUT2D eigenvalue weighted by atomic mass is 35.5. The molecule has 3 aromatic rings. The van der Waals surface area contributed by atoms with Gasteiger partial charge in [-0.2, -0.15) is 4.99 Å².